The van der Waals surface area contributed by atoms with E-state index < -0.39 is 29.8 Å². The highest BCUT2D eigenvalue weighted by Crippen LogP contribution is 2.39. The fourth-order valence-corrected chi connectivity index (χ4v) is 4.02. The van der Waals surface area contributed by atoms with Crippen LogP contribution >= 0.6 is 0 Å². The maximum atomic E-state index is 14.3. The predicted molar refractivity (Wildman–Crippen MR) is 109 cm³/mol. The second kappa shape index (κ2) is 8.19. The van der Waals surface area contributed by atoms with Crippen LogP contribution in [-0.4, -0.2) is 42.2 Å². The first kappa shape index (κ1) is 21.1. The SMILES string of the molecule is C[C@H](NC(=O)c1cnc(C#N)c(-c2cc(F)cc(F)c2)c1N1C[C@H](N)[C@@H](F)C1)C1CC1. The third-order valence-corrected chi connectivity index (χ3v) is 5.85. The van der Waals surface area contributed by atoms with E-state index in [9.17, 15) is 23.2 Å². The molecule has 1 aliphatic heterocycles. The lowest BCUT2D eigenvalue weighted by atomic mass is 9.97. The molecular formula is C22H22F3N5O. The number of anilines is 1. The zero-order valence-corrected chi connectivity index (χ0v) is 16.9. The zero-order valence-electron chi connectivity index (χ0n) is 16.9. The van der Waals surface area contributed by atoms with E-state index in [0.717, 1.165) is 25.0 Å². The Morgan fingerprint density at radius 3 is 2.52 bits per heavy atom. The molecule has 1 saturated heterocycles. The van der Waals surface area contributed by atoms with Gasteiger partial charge in [0.25, 0.3) is 5.91 Å². The first-order valence-electron chi connectivity index (χ1n) is 10.1. The Balaban J connectivity index is 1.89. The molecule has 2 aliphatic rings. The second-order valence-corrected chi connectivity index (χ2v) is 8.20. The molecule has 162 valence electrons. The Labute approximate surface area is 177 Å². The molecule has 0 bridgehead atoms. The summed E-state index contributed by atoms with van der Waals surface area (Å²) in [5.74, 6) is -1.74. The molecule has 3 N–H and O–H groups in total. The summed E-state index contributed by atoms with van der Waals surface area (Å²) >= 11 is 0. The van der Waals surface area contributed by atoms with Crippen LogP contribution in [0.1, 0.15) is 35.8 Å². The van der Waals surface area contributed by atoms with Crippen LogP contribution in [0.15, 0.2) is 24.4 Å². The molecule has 1 aromatic carbocycles. The fourth-order valence-electron chi connectivity index (χ4n) is 4.02. The van der Waals surface area contributed by atoms with Gasteiger partial charge in [0.1, 0.15) is 29.6 Å². The van der Waals surface area contributed by atoms with Crippen molar-refractivity contribution in [1.82, 2.24) is 10.3 Å². The molecule has 1 saturated carbocycles. The molecule has 1 aromatic heterocycles. The van der Waals surface area contributed by atoms with Crippen molar-refractivity contribution in [2.45, 2.75) is 38.0 Å². The molecule has 31 heavy (non-hydrogen) atoms. The van der Waals surface area contributed by atoms with Gasteiger partial charge in [-0.25, -0.2) is 18.2 Å². The molecule has 9 heteroatoms. The van der Waals surface area contributed by atoms with Gasteiger partial charge >= 0.3 is 0 Å². The number of nitrogens with zero attached hydrogens (tertiary/aromatic N) is 3. The van der Waals surface area contributed by atoms with Crippen molar-refractivity contribution in [2.75, 3.05) is 18.0 Å². The molecule has 2 heterocycles. The summed E-state index contributed by atoms with van der Waals surface area (Å²) in [5.41, 5.74) is 6.15. The van der Waals surface area contributed by atoms with Gasteiger partial charge in [0, 0.05) is 30.4 Å². The Kier molecular flexibility index (Phi) is 5.58. The summed E-state index contributed by atoms with van der Waals surface area (Å²) in [5, 5.41) is 12.5. The quantitative estimate of drug-likeness (QED) is 0.762. The van der Waals surface area contributed by atoms with Crippen LogP contribution in [0, 0.1) is 28.9 Å². The van der Waals surface area contributed by atoms with Crippen LogP contribution < -0.4 is 16.0 Å². The van der Waals surface area contributed by atoms with E-state index >= 15 is 0 Å². The van der Waals surface area contributed by atoms with Gasteiger partial charge in [0.15, 0.2) is 0 Å². The van der Waals surface area contributed by atoms with Gasteiger partial charge in [-0.15, -0.1) is 0 Å². The predicted octanol–water partition coefficient (Wildman–Crippen LogP) is 2.91. The van der Waals surface area contributed by atoms with Crippen LogP contribution in [0.3, 0.4) is 0 Å². The second-order valence-electron chi connectivity index (χ2n) is 8.20. The molecule has 0 spiro atoms. The maximum Gasteiger partial charge on any atom is 0.255 e. The van der Waals surface area contributed by atoms with Crippen LogP contribution in [0.25, 0.3) is 11.1 Å². The normalized spacial score (nSPS) is 21.6. The van der Waals surface area contributed by atoms with Crippen LogP contribution in [-0.2, 0) is 0 Å². The Morgan fingerprint density at radius 1 is 1.29 bits per heavy atom. The van der Waals surface area contributed by atoms with E-state index in [0.29, 0.717) is 12.0 Å². The van der Waals surface area contributed by atoms with Gasteiger partial charge in [-0.05, 0) is 43.4 Å². The van der Waals surface area contributed by atoms with Gasteiger partial charge in [-0.1, -0.05) is 0 Å². The molecule has 0 radical (unpaired) electrons. The number of pyridine rings is 1. The van der Waals surface area contributed by atoms with Crippen LogP contribution in [0.2, 0.25) is 0 Å². The minimum atomic E-state index is -1.35. The number of nitrogens with two attached hydrogens (primary N) is 1. The third kappa shape index (κ3) is 4.21. The number of alkyl halides is 1. The molecule has 4 rings (SSSR count). The first-order chi connectivity index (χ1) is 14.8. The third-order valence-electron chi connectivity index (χ3n) is 5.85. The standard InChI is InChI=1S/C22H22F3N5O/c1-11(12-2-3-12)29-22(31)16-8-28-19(7-26)20(13-4-14(23)6-15(24)5-13)21(16)30-9-17(25)18(27)10-30/h4-6,8,11-12,17-18H,2-3,9-10,27H2,1H3,(H,29,31)/t11-,17-,18-/m0/s1. The number of benzene rings is 1. The van der Waals surface area contributed by atoms with Gasteiger partial charge in [0.05, 0.1) is 23.8 Å². The first-order valence-corrected chi connectivity index (χ1v) is 10.1. The number of carbonyl (C=O) groups excluding carboxylic acids is 1. The highest BCUT2D eigenvalue weighted by atomic mass is 19.1. The van der Waals surface area contributed by atoms with E-state index in [-0.39, 0.29) is 47.2 Å². The number of halogens is 3. The van der Waals surface area contributed by atoms with Gasteiger partial charge in [-0.2, -0.15) is 5.26 Å². The number of hydrogen-bond donors (Lipinski definition) is 2. The van der Waals surface area contributed by atoms with E-state index in [1.165, 1.54) is 6.20 Å². The Bertz CT molecular complexity index is 1040. The fraction of sp³-hybridized carbons (Fsp3) is 0.409. The van der Waals surface area contributed by atoms with E-state index in [4.69, 9.17) is 5.73 Å². The molecule has 1 amide bonds. The Hall–Kier alpha value is -3.12. The lowest BCUT2D eigenvalue weighted by molar-refractivity contribution is 0.0936. The molecule has 0 unspecified atom stereocenters. The monoisotopic (exact) mass is 429 g/mol. The number of aromatic nitrogens is 1. The van der Waals surface area contributed by atoms with Crippen molar-refractivity contribution in [1.29, 1.82) is 5.26 Å². The smallest absolute Gasteiger partial charge is 0.255 e. The van der Waals surface area contributed by atoms with Gasteiger partial charge in [0.2, 0.25) is 0 Å². The molecule has 1 aliphatic carbocycles. The average molecular weight is 429 g/mol. The van der Waals surface area contributed by atoms with Crippen molar-refractivity contribution < 1.29 is 18.0 Å². The summed E-state index contributed by atoms with van der Waals surface area (Å²) in [7, 11) is 0. The van der Waals surface area contributed by atoms with E-state index in [1.54, 1.807) is 4.90 Å². The summed E-state index contributed by atoms with van der Waals surface area (Å²) in [4.78, 5) is 18.7. The molecule has 2 fully saturated rings. The van der Waals surface area contributed by atoms with Crippen LogP contribution in [0.5, 0.6) is 0 Å². The number of rotatable bonds is 5. The minimum Gasteiger partial charge on any atom is -0.366 e. The topological polar surface area (TPSA) is 95.0 Å². The summed E-state index contributed by atoms with van der Waals surface area (Å²) in [6, 6.07) is 3.88. The number of nitriles is 1. The summed E-state index contributed by atoms with van der Waals surface area (Å²) in [6.45, 7) is 1.87. The molecule has 2 aromatic rings. The minimum absolute atomic E-state index is 0.0392. The molecule has 3 atom stereocenters. The molecule has 6 nitrogen and oxygen atoms in total. The van der Waals surface area contributed by atoms with Crippen molar-refractivity contribution >= 4 is 11.6 Å². The maximum absolute atomic E-state index is 14.3. The van der Waals surface area contributed by atoms with Crippen molar-refractivity contribution in [3.8, 4) is 17.2 Å². The summed E-state index contributed by atoms with van der Waals surface area (Å²) < 4.78 is 42.3. The highest BCUT2D eigenvalue weighted by Gasteiger charge is 2.36. The van der Waals surface area contributed by atoms with Gasteiger partial charge < -0.3 is 16.0 Å². The lowest BCUT2D eigenvalue weighted by Gasteiger charge is -2.26. The summed E-state index contributed by atoms with van der Waals surface area (Å²) in [6.07, 6.45) is 1.95. The van der Waals surface area contributed by atoms with E-state index in [1.807, 2.05) is 13.0 Å². The van der Waals surface area contributed by atoms with Crippen LogP contribution in [0.4, 0.5) is 18.9 Å². The molecular weight excluding hydrogens is 407 g/mol. The number of nitrogens with one attached hydrogen (secondary N) is 1. The van der Waals surface area contributed by atoms with E-state index in [2.05, 4.69) is 10.3 Å². The van der Waals surface area contributed by atoms with Crippen molar-refractivity contribution in [3.63, 3.8) is 0 Å². The number of hydrogen-bond acceptors (Lipinski definition) is 5. The van der Waals surface area contributed by atoms with Crippen molar-refractivity contribution in [3.05, 3.63) is 47.3 Å². The average Bonchev–Trinajstić information content (AvgIpc) is 3.51. The number of amides is 1. The largest absolute Gasteiger partial charge is 0.366 e. The highest BCUT2D eigenvalue weighted by molar-refractivity contribution is 6.04. The lowest BCUT2D eigenvalue weighted by Crippen LogP contribution is -2.36. The van der Waals surface area contributed by atoms with Gasteiger partial charge in [-0.3, -0.25) is 4.79 Å². The Morgan fingerprint density at radius 2 is 1.97 bits per heavy atom. The number of carbonyl (C=O) groups is 1. The zero-order chi connectivity index (χ0) is 22.3. The van der Waals surface area contributed by atoms with Crippen molar-refractivity contribution in [2.24, 2.45) is 11.7 Å².